The summed E-state index contributed by atoms with van der Waals surface area (Å²) in [7, 11) is 0. The van der Waals surface area contributed by atoms with Crippen molar-refractivity contribution in [1.82, 2.24) is 4.90 Å². The van der Waals surface area contributed by atoms with E-state index in [1.807, 2.05) is 35.6 Å². The molecule has 0 saturated heterocycles. The van der Waals surface area contributed by atoms with Crippen molar-refractivity contribution >= 4 is 33.2 Å². The van der Waals surface area contributed by atoms with Crippen molar-refractivity contribution in [3.05, 3.63) is 56.2 Å². The molecule has 0 bridgehead atoms. The Hall–Kier alpha value is -1.13. The van der Waals surface area contributed by atoms with Gasteiger partial charge in [0.15, 0.2) is 0 Å². The molecule has 1 fully saturated rings. The van der Waals surface area contributed by atoms with E-state index < -0.39 is 0 Å². The highest BCUT2D eigenvalue weighted by Gasteiger charge is 2.42. The number of benzene rings is 1. The van der Waals surface area contributed by atoms with E-state index in [1.165, 1.54) is 23.3 Å². The van der Waals surface area contributed by atoms with Crippen LogP contribution in [0.5, 0.6) is 0 Å². The molecule has 1 aliphatic carbocycles. The molecule has 1 atom stereocenters. The van der Waals surface area contributed by atoms with Crippen molar-refractivity contribution in [2.24, 2.45) is 5.92 Å². The van der Waals surface area contributed by atoms with E-state index in [4.69, 9.17) is 0 Å². The van der Waals surface area contributed by atoms with Crippen molar-refractivity contribution in [3.8, 4) is 0 Å². The molecule has 1 unspecified atom stereocenters. The Bertz CT molecular complexity index is 692. The summed E-state index contributed by atoms with van der Waals surface area (Å²) in [6.07, 6.45) is 3.49. The molecule has 1 amide bonds. The zero-order valence-corrected chi connectivity index (χ0v) is 14.0. The number of rotatable bonds is 2. The molecule has 1 aromatic carbocycles. The second-order valence-electron chi connectivity index (χ2n) is 5.81. The first-order chi connectivity index (χ1) is 10.3. The monoisotopic (exact) mass is 361 g/mol. The van der Waals surface area contributed by atoms with Crippen LogP contribution in [0, 0.1) is 5.92 Å². The van der Waals surface area contributed by atoms with E-state index >= 15 is 0 Å². The molecular weight excluding hydrogens is 346 g/mol. The van der Waals surface area contributed by atoms with Gasteiger partial charge in [-0.25, -0.2) is 0 Å². The average Bonchev–Trinajstić information content (AvgIpc) is 3.22. The van der Waals surface area contributed by atoms with Gasteiger partial charge in [-0.15, -0.1) is 11.3 Å². The van der Waals surface area contributed by atoms with Gasteiger partial charge in [0, 0.05) is 15.9 Å². The second kappa shape index (κ2) is 5.25. The van der Waals surface area contributed by atoms with Crippen LogP contribution in [0.15, 0.2) is 40.2 Å². The minimum Gasteiger partial charge on any atom is -0.331 e. The van der Waals surface area contributed by atoms with Crippen LogP contribution in [0.2, 0.25) is 0 Å². The lowest BCUT2D eigenvalue weighted by Crippen LogP contribution is -2.40. The Morgan fingerprint density at radius 1 is 1.24 bits per heavy atom. The third kappa shape index (κ3) is 2.34. The van der Waals surface area contributed by atoms with E-state index in [9.17, 15) is 4.79 Å². The molecular formula is C17H16BrNOS. The molecule has 0 N–H and O–H groups in total. The maximum absolute atomic E-state index is 13.0. The zero-order valence-electron chi connectivity index (χ0n) is 11.6. The number of thiophene rings is 1. The Labute approximate surface area is 136 Å². The molecule has 4 rings (SSSR count). The van der Waals surface area contributed by atoms with Gasteiger partial charge in [0.05, 0.1) is 11.6 Å². The molecule has 2 aromatic rings. The molecule has 2 aliphatic rings. The van der Waals surface area contributed by atoms with Gasteiger partial charge >= 0.3 is 0 Å². The van der Waals surface area contributed by atoms with Gasteiger partial charge in [0.2, 0.25) is 0 Å². The van der Waals surface area contributed by atoms with Crippen molar-refractivity contribution in [2.45, 2.75) is 25.3 Å². The molecule has 0 spiro atoms. The highest BCUT2D eigenvalue weighted by molar-refractivity contribution is 9.10. The Morgan fingerprint density at radius 2 is 2.05 bits per heavy atom. The molecule has 1 aromatic heterocycles. The number of hydrogen-bond acceptors (Lipinski definition) is 2. The highest BCUT2D eigenvalue weighted by atomic mass is 79.9. The molecule has 0 radical (unpaired) electrons. The number of amides is 1. The highest BCUT2D eigenvalue weighted by Crippen LogP contribution is 2.48. The number of carbonyl (C=O) groups excluding carboxylic acids is 1. The number of fused-ring (bicyclic) bond motifs is 1. The van der Waals surface area contributed by atoms with Crippen molar-refractivity contribution in [1.29, 1.82) is 0 Å². The summed E-state index contributed by atoms with van der Waals surface area (Å²) in [5.41, 5.74) is 2.18. The largest absolute Gasteiger partial charge is 0.331 e. The number of halogens is 1. The first kappa shape index (κ1) is 13.5. The lowest BCUT2D eigenvalue weighted by molar-refractivity contribution is 0.0636. The van der Waals surface area contributed by atoms with Crippen LogP contribution in [0.4, 0.5) is 0 Å². The standard InChI is InChI=1S/C17H16BrNOS/c18-14-4-2-1-3-12(14)17(20)19-9-7-15-13(8-10-21-15)16(19)11-5-6-11/h1-4,8,10-11,16H,5-7,9H2. The summed E-state index contributed by atoms with van der Waals surface area (Å²) in [5, 5.41) is 2.17. The number of carbonyl (C=O) groups is 1. The van der Waals surface area contributed by atoms with Crippen LogP contribution in [0.3, 0.4) is 0 Å². The van der Waals surface area contributed by atoms with Gasteiger partial charge in [-0.2, -0.15) is 0 Å². The quantitative estimate of drug-likeness (QED) is 0.761. The van der Waals surface area contributed by atoms with Crippen molar-refractivity contribution in [2.75, 3.05) is 6.54 Å². The summed E-state index contributed by atoms with van der Waals surface area (Å²) in [4.78, 5) is 16.6. The Morgan fingerprint density at radius 3 is 2.81 bits per heavy atom. The lowest BCUT2D eigenvalue weighted by atomic mass is 9.95. The van der Waals surface area contributed by atoms with E-state index in [2.05, 4.69) is 32.3 Å². The average molecular weight is 362 g/mol. The fraction of sp³-hybridized carbons (Fsp3) is 0.353. The first-order valence-electron chi connectivity index (χ1n) is 7.37. The summed E-state index contributed by atoms with van der Waals surface area (Å²) in [6, 6.07) is 10.3. The maximum Gasteiger partial charge on any atom is 0.255 e. The Kier molecular flexibility index (Phi) is 3.38. The third-order valence-corrected chi connectivity index (χ3v) is 6.14. The lowest BCUT2D eigenvalue weighted by Gasteiger charge is -2.36. The minimum atomic E-state index is 0.163. The third-order valence-electron chi connectivity index (χ3n) is 4.45. The van der Waals surface area contributed by atoms with Crippen LogP contribution >= 0.6 is 27.3 Å². The smallest absolute Gasteiger partial charge is 0.255 e. The molecule has 4 heteroatoms. The van der Waals surface area contributed by atoms with E-state index in [0.29, 0.717) is 12.0 Å². The maximum atomic E-state index is 13.0. The topological polar surface area (TPSA) is 20.3 Å². The van der Waals surface area contributed by atoms with Crippen molar-refractivity contribution in [3.63, 3.8) is 0 Å². The molecule has 1 saturated carbocycles. The van der Waals surface area contributed by atoms with Crippen LogP contribution in [-0.2, 0) is 6.42 Å². The van der Waals surface area contributed by atoms with E-state index in [0.717, 1.165) is 23.0 Å². The SMILES string of the molecule is O=C(c1ccccc1Br)N1CCc2sccc2C1C1CC1. The predicted molar refractivity (Wildman–Crippen MR) is 88.7 cm³/mol. The van der Waals surface area contributed by atoms with Gasteiger partial charge < -0.3 is 4.90 Å². The van der Waals surface area contributed by atoms with Gasteiger partial charge in [0.1, 0.15) is 0 Å². The van der Waals surface area contributed by atoms with Crippen molar-refractivity contribution < 1.29 is 4.79 Å². The molecule has 1 aliphatic heterocycles. The van der Waals surface area contributed by atoms with Gasteiger partial charge in [-0.05, 0) is 70.3 Å². The zero-order chi connectivity index (χ0) is 14.4. The van der Waals surface area contributed by atoms with Crippen LogP contribution in [-0.4, -0.2) is 17.4 Å². The molecule has 2 heterocycles. The van der Waals surface area contributed by atoms with Crippen LogP contribution in [0.1, 0.15) is 39.7 Å². The number of nitrogens with zero attached hydrogens (tertiary/aromatic N) is 1. The van der Waals surface area contributed by atoms with E-state index in [1.54, 1.807) is 0 Å². The van der Waals surface area contributed by atoms with Gasteiger partial charge in [0.25, 0.3) is 5.91 Å². The molecule has 21 heavy (non-hydrogen) atoms. The summed E-state index contributed by atoms with van der Waals surface area (Å²) >= 11 is 5.35. The van der Waals surface area contributed by atoms with E-state index in [-0.39, 0.29) is 5.91 Å². The Balaban J connectivity index is 1.71. The second-order valence-corrected chi connectivity index (χ2v) is 7.66. The summed E-state index contributed by atoms with van der Waals surface area (Å²) in [5.74, 6) is 0.821. The first-order valence-corrected chi connectivity index (χ1v) is 9.05. The number of hydrogen-bond donors (Lipinski definition) is 0. The fourth-order valence-electron chi connectivity index (χ4n) is 3.28. The molecule has 2 nitrogen and oxygen atoms in total. The summed E-state index contributed by atoms with van der Waals surface area (Å²) < 4.78 is 0.890. The minimum absolute atomic E-state index is 0.163. The summed E-state index contributed by atoms with van der Waals surface area (Å²) in [6.45, 7) is 0.842. The van der Waals surface area contributed by atoms with Gasteiger partial charge in [-0.1, -0.05) is 12.1 Å². The van der Waals surface area contributed by atoms with Gasteiger partial charge in [-0.3, -0.25) is 4.79 Å². The van der Waals surface area contributed by atoms with Crippen LogP contribution in [0.25, 0.3) is 0 Å². The predicted octanol–water partition coefficient (Wildman–Crippen LogP) is 4.66. The fourth-order valence-corrected chi connectivity index (χ4v) is 4.65. The molecule has 108 valence electrons. The normalized spacial score (nSPS) is 21.2. The van der Waals surface area contributed by atoms with Crippen LogP contribution < -0.4 is 0 Å².